The zero-order chi connectivity index (χ0) is 11.4. The molecule has 86 valence electrons. The Morgan fingerprint density at radius 3 is 3.06 bits per heavy atom. The van der Waals surface area contributed by atoms with Crippen molar-refractivity contribution in [3.63, 3.8) is 0 Å². The number of nitrogens with zero attached hydrogens (tertiary/aromatic N) is 2. The molecule has 5 heteroatoms. The molecular formula is C11H15N3O2. The largest absolute Gasteiger partial charge is 0.381 e. The highest BCUT2D eigenvalue weighted by atomic mass is 16.5. The third-order valence-corrected chi connectivity index (χ3v) is 2.61. The Hall–Kier alpha value is -1.49. The first-order chi connectivity index (χ1) is 7.75. The molecule has 1 aromatic rings. The summed E-state index contributed by atoms with van der Waals surface area (Å²) in [6.45, 7) is 4.02. The van der Waals surface area contributed by atoms with Crippen molar-refractivity contribution in [3.8, 4) is 0 Å². The van der Waals surface area contributed by atoms with Crippen LogP contribution >= 0.6 is 0 Å². The normalized spacial score (nSPS) is 19.7. The molecule has 1 N–H and O–H groups in total. The van der Waals surface area contributed by atoms with E-state index in [4.69, 9.17) is 4.74 Å². The fourth-order valence-electron chi connectivity index (χ4n) is 1.59. The van der Waals surface area contributed by atoms with Crippen molar-refractivity contribution < 1.29 is 9.53 Å². The monoisotopic (exact) mass is 221 g/mol. The van der Waals surface area contributed by atoms with Gasteiger partial charge in [0.05, 0.1) is 12.3 Å². The standard InChI is InChI=1S/C11H15N3O2/c1-8-2-3-10(14-13-8)11(15)12-6-9-4-5-16-7-9/h2-3,9H,4-7H2,1H3,(H,12,15)/t9-/m1/s1. The van der Waals surface area contributed by atoms with Gasteiger partial charge in [-0.1, -0.05) is 0 Å². The van der Waals surface area contributed by atoms with Crippen molar-refractivity contribution >= 4 is 5.91 Å². The number of aromatic nitrogens is 2. The minimum absolute atomic E-state index is 0.167. The number of amides is 1. The number of carbonyl (C=O) groups is 1. The molecule has 0 aliphatic carbocycles. The van der Waals surface area contributed by atoms with Crippen LogP contribution in [0.15, 0.2) is 12.1 Å². The van der Waals surface area contributed by atoms with Crippen LogP contribution in [0.4, 0.5) is 0 Å². The number of hydrogen-bond donors (Lipinski definition) is 1. The van der Waals surface area contributed by atoms with Gasteiger partial charge in [-0.05, 0) is 25.5 Å². The number of nitrogens with one attached hydrogen (secondary N) is 1. The second kappa shape index (κ2) is 5.03. The summed E-state index contributed by atoms with van der Waals surface area (Å²) in [6, 6.07) is 3.46. The molecule has 1 aliphatic rings. The molecule has 1 atom stereocenters. The molecule has 1 amide bonds. The molecule has 2 rings (SSSR count). The van der Waals surface area contributed by atoms with E-state index in [2.05, 4.69) is 15.5 Å². The zero-order valence-corrected chi connectivity index (χ0v) is 9.27. The molecule has 1 fully saturated rings. The summed E-state index contributed by atoms with van der Waals surface area (Å²) in [5.74, 6) is 0.266. The highest BCUT2D eigenvalue weighted by Gasteiger charge is 2.17. The third kappa shape index (κ3) is 2.76. The number of ether oxygens (including phenoxy) is 1. The van der Waals surface area contributed by atoms with E-state index in [9.17, 15) is 4.79 Å². The van der Waals surface area contributed by atoms with Crippen LogP contribution in [0, 0.1) is 12.8 Å². The number of hydrogen-bond acceptors (Lipinski definition) is 4. The summed E-state index contributed by atoms with van der Waals surface area (Å²) in [7, 11) is 0. The molecule has 1 aromatic heterocycles. The van der Waals surface area contributed by atoms with E-state index in [0.717, 1.165) is 25.3 Å². The van der Waals surface area contributed by atoms with Gasteiger partial charge in [0.25, 0.3) is 5.91 Å². The van der Waals surface area contributed by atoms with Gasteiger partial charge in [0.15, 0.2) is 5.69 Å². The molecule has 1 saturated heterocycles. The SMILES string of the molecule is Cc1ccc(C(=O)NC[C@H]2CCOC2)nn1. The first-order valence-electron chi connectivity index (χ1n) is 5.42. The van der Waals surface area contributed by atoms with E-state index < -0.39 is 0 Å². The minimum Gasteiger partial charge on any atom is -0.381 e. The van der Waals surface area contributed by atoms with E-state index >= 15 is 0 Å². The van der Waals surface area contributed by atoms with Crippen molar-refractivity contribution in [1.82, 2.24) is 15.5 Å². The predicted molar refractivity (Wildman–Crippen MR) is 58.0 cm³/mol. The summed E-state index contributed by atoms with van der Waals surface area (Å²) < 4.78 is 5.23. The Kier molecular flexibility index (Phi) is 3.46. The lowest BCUT2D eigenvalue weighted by Crippen LogP contribution is -2.30. The third-order valence-electron chi connectivity index (χ3n) is 2.61. The highest BCUT2D eigenvalue weighted by Crippen LogP contribution is 2.10. The van der Waals surface area contributed by atoms with Crippen LogP contribution in [0.2, 0.25) is 0 Å². The van der Waals surface area contributed by atoms with E-state index in [1.54, 1.807) is 12.1 Å². The van der Waals surface area contributed by atoms with Crippen molar-refractivity contribution in [2.45, 2.75) is 13.3 Å². The van der Waals surface area contributed by atoms with E-state index in [-0.39, 0.29) is 5.91 Å². The molecule has 0 radical (unpaired) electrons. The van der Waals surface area contributed by atoms with E-state index in [0.29, 0.717) is 18.2 Å². The molecule has 0 saturated carbocycles. The lowest BCUT2D eigenvalue weighted by molar-refractivity contribution is 0.0939. The lowest BCUT2D eigenvalue weighted by atomic mass is 10.1. The fraction of sp³-hybridized carbons (Fsp3) is 0.545. The predicted octanol–water partition coefficient (Wildman–Crippen LogP) is 0.551. The molecule has 0 bridgehead atoms. The maximum atomic E-state index is 11.7. The van der Waals surface area contributed by atoms with Crippen LogP contribution < -0.4 is 5.32 Å². The van der Waals surface area contributed by atoms with E-state index in [1.807, 2.05) is 6.92 Å². The molecule has 16 heavy (non-hydrogen) atoms. The van der Waals surface area contributed by atoms with Gasteiger partial charge in [0.1, 0.15) is 0 Å². The summed E-state index contributed by atoms with van der Waals surface area (Å²) in [6.07, 6.45) is 1.01. The minimum atomic E-state index is -0.167. The van der Waals surface area contributed by atoms with Crippen LogP contribution in [0.25, 0.3) is 0 Å². The fourth-order valence-corrected chi connectivity index (χ4v) is 1.59. The second-order valence-corrected chi connectivity index (χ2v) is 4.00. The van der Waals surface area contributed by atoms with Gasteiger partial charge in [-0.15, -0.1) is 5.10 Å². The number of carbonyl (C=O) groups excluding carboxylic acids is 1. The molecule has 0 aromatic carbocycles. The van der Waals surface area contributed by atoms with Gasteiger partial charge in [0, 0.05) is 19.1 Å². The van der Waals surface area contributed by atoms with Gasteiger partial charge in [-0.25, -0.2) is 0 Å². The van der Waals surface area contributed by atoms with Gasteiger partial charge >= 0.3 is 0 Å². The Labute approximate surface area is 94.2 Å². The van der Waals surface area contributed by atoms with Gasteiger partial charge in [-0.3, -0.25) is 4.79 Å². The zero-order valence-electron chi connectivity index (χ0n) is 9.27. The Morgan fingerprint density at radius 2 is 2.44 bits per heavy atom. The van der Waals surface area contributed by atoms with Gasteiger partial charge < -0.3 is 10.1 Å². The molecule has 0 unspecified atom stereocenters. The van der Waals surface area contributed by atoms with Crippen molar-refractivity contribution in [2.75, 3.05) is 19.8 Å². The van der Waals surface area contributed by atoms with Crippen LogP contribution in [-0.2, 0) is 4.74 Å². The van der Waals surface area contributed by atoms with Crippen molar-refractivity contribution in [1.29, 1.82) is 0 Å². The molecule has 5 nitrogen and oxygen atoms in total. The Morgan fingerprint density at radius 1 is 1.56 bits per heavy atom. The lowest BCUT2D eigenvalue weighted by Gasteiger charge is -2.08. The van der Waals surface area contributed by atoms with Crippen LogP contribution in [0.1, 0.15) is 22.6 Å². The summed E-state index contributed by atoms with van der Waals surface area (Å²) >= 11 is 0. The van der Waals surface area contributed by atoms with Crippen molar-refractivity contribution in [3.05, 3.63) is 23.5 Å². The van der Waals surface area contributed by atoms with Gasteiger partial charge in [-0.2, -0.15) is 5.10 Å². The summed E-state index contributed by atoms with van der Waals surface area (Å²) in [5, 5.41) is 10.5. The average molecular weight is 221 g/mol. The smallest absolute Gasteiger partial charge is 0.271 e. The maximum absolute atomic E-state index is 11.7. The van der Waals surface area contributed by atoms with Crippen LogP contribution in [-0.4, -0.2) is 35.9 Å². The molecular weight excluding hydrogens is 206 g/mol. The van der Waals surface area contributed by atoms with Crippen LogP contribution in [0.3, 0.4) is 0 Å². The maximum Gasteiger partial charge on any atom is 0.271 e. The molecule has 2 heterocycles. The van der Waals surface area contributed by atoms with Crippen LogP contribution in [0.5, 0.6) is 0 Å². The van der Waals surface area contributed by atoms with E-state index in [1.165, 1.54) is 0 Å². The topological polar surface area (TPSA) is 64.1 Å². The quantitative estimate of drug-likeness (QED) is 0.809. The van der Waals surface area contributed by atoms with Crippen molar-refractivity contribution in [2.24, 2.45) is 5.92 Å². The Bertz CT molecular complexity index is 358. The average Bonchev–Trinajstić information content (AvgIpc) is 2.80. The summed E-state index contributed by atoms with van der Waals surface area (Å²) in [4.78, 5) is 11.7. The Balaban J connectivity index is 1.85. The first-order valence-corrected chi connectivity index (χ1v) is 5.42. The second-order valence-electron chi connectivity index (χ2n) is 4.00. The molecule has 0 spiro atoms. The highest BCUT2D eigenvalue weighted by molar-refractivity contribution is 5.91. The summed E-state index contributed by atoms with van der Waals surface area (Å²) in [5.41, 5.74) is 1.17. The first kappa shape index (κ1) is 11.0. The number of aryl methyl sites for hydroxylation is 1. The van der Waals surface area contributed by atoms with Gasteiger partial charge in [0.2, 0.25) is 0 Å². The molecule has 1 aliphatic heterocycles. The number of rotatable bonds is 3.